The number of rotatable bonds is 4. The summed E-state index contributed by atoms with van der Waals surface area (Å²) in [6, 6.07) is 10.4. The van der Waals surface area contributed by atoms with Crippen LogP contribution < -0.4 is 5.32 Å². The van der Waals surface area contributed by atoms with Gasteiger partial charge in [0.05, 0.1) is 23.8 Å². The van der Waals surface area contributed by atoms with E-state index in [-0.39, 0.29) is 5.54 Å². The summed E-state index contributed by atoms with van der Waals surface area (Å²) in [5, 5.41) is 3.31. The molecule has 3 heteroatoms. The Bertz CT molecular complexity index is 471. The minimum Gasteiger partial charge on any atom is -0.328 e. The maximum atomic E-state index is 4.26. The van der Waals surface area contributed by atoms with Gasteiger partial charge in [-0.05, 0) is 26.5 Å². The summed E-state index contributed by atoms with van der Waals surface area (Å²) in [6.07, 6.45) is 3.82. The lowest BCUT2D eigenvalue weighted by Gasteiger charge is -2.25. The van der Waals surface area contributed by atoms with E-state index in [2.05, 4.69) is 53.0 Å². The van der Waals surface area contributed by atoms with Crippen LogP contribution in [0.3, 0.4) is 0 Å². The second-order valence-electron chi connectivity index (χ2n) is 4.77. The van der Waals surface area contributed by atoms with Crippen LogP contribution in [0.5, 0.6) is 0 Å². The second kappa shape index (κ2) is 4.72. The van der Waals surface area contributed by atoms with E-state index >= 15 is 0 Å². The highest BCUT2D eigenvalue weighted by atomic mass is 15.1. The number of nitrogens with zero attached hydrogens (tertiary/aromatic N) is 2. The molecule has 1 aromatic heterocycles. The molecule has 0 saturated heterocycles. The molecule has 1 aromatic carbocycles. The Kier molecular flexibility index (Phi) is 3.29. The standard InChI is InChI=1S/C14H19N3/c1-14(2,15-3)13-9-16-11-17(13)10-12-7-5-4-6-8-12/h4-9,11,15H,10H2,1-3H3. The van der Waals surface area contributed by atoms with Gasteiger partial charge < -0.3 is 9.88 Å². The summed E-state index contributed by atoms with van der Waals surface area (Å²) >= 11 is 0. The molecule has 90 valence electrons. The Morgan fingerprint density at radius 1 is 1.24 bits per heavy atom. The number of aromatic nitrogens is 2. The Balaban J connectivity index is 2.26. The quantitative estimate of drug-likeness (QED) is 0.872. The third-order valence-electron chi connectivity index (χ3n) is 3.17. The van der Waals surface area contributed by atoms with Gasteiger partial charge in [0.25, 0.3) is 0 Å². The van der Waals surface area contributed by atoms with Crippen molar-refractivity contribution in [2.24, 2.45) is 0 Å². The summed E-state index contributed by atoms with van der Waals surface area (Å²) in [6.45, 7) is 5.18. The van der Waals surface area contributed by atoms with E-state index in [4.69, 9.17) is 0 Å². The van der Waals surface area contributed by atoms with Crippen LogP contribution in [0.25, 0.3) is 0 Å². The average molecular weight is 229 g/mol. The monoisotopic (exact) mass is 229 g/mol. The molecule has 0 spiro atoms. The van der Waals surface area contributed by atoms with Crippen LogP contribution in [-0.2, 0) is 12.1 Å². The summed E-state index contributed by atoms with van der Waals surface area (Å²) in [5.41, 5.74) is 2.42. The smallest absolute Gasteiger partial charge is 0.0951 e. The Morgan fingerprint density at radius 3 is 2.59 bits per heavy atom. The minimum atomic E-state index is -0.0642. The second-order valence-corrected chi connectivity index (χ2v) is 4.77. The first-order valence-electron chi connectivity index (χ1n) is 5.87. The average Bonchev–Trinajstić information content (AvgIpc) is 2.79. The molecule has 0 aliphatic heterocycles. The van der Waals surface area contributed by atoms with Crippen molar-refractivity contribution < 1.29 is 0 Å². The summed E-state index contributed by atoms with van der Waals surface area (Å²) in [7, 11) is 1.97. The molecular weight excluding hydrogens is 210 g/mol. The molecular formula is C14H19N3. The zero-order chi connectivity index (χ0) is 12.3. The van der Waals surface area contributed by atoms with Gasteiger partial charge in [-0.15, -0.1) is 0 Å². The van der Waals surface area contributed by atoms with Gasteiger partial charge in [-0.2, -0.15) is 0 Å². The topological polar surface area (TPSA) is 29.9 Å². The number of hydrogen-bond donors (Lipinski definition) is 1. The van der Waals surface area contributed by atoms with Crippen molar-refractivity contribution in [1.29, 1.82) is 0 Å². The van der Waals surface area contributed by atoms with Gasteiger partial charge in [-0.1, -0.05) is 30.3 Å². The highest BCUT2D eigenvalue weighted by Gasteiger charge is 2.21. The van der Waals surface area contributed by atoms with Gasteiger partial charge in [0, 0.05) is 6.54 Å². The van der Waals surface area contributed by atoms with Crippen LogP contribution in [0.2, 0.25) is 0 Å². The highest BCUT2D eigenvalue weighted by Crippen LogP contribution is 2.19. The molecule has 0 saturated carbocycles. The van der Waals surface area contributed by atoms with Crippen LogP contribution >= 0.6 is 0 Å². The van der Waals surface area contributed by atoms with E-state index in [9.17, 15) is 0 Å². The first-order chi connectivity index (χ1) is 8.13. The maximum absolute atomic E-state index is 4.26. The third kappa shape index (κ3) is 2.56. The van der Waals surface area contributed by atoms with E-state index in [1.54, 1.807) is 0 Å². The molecule has 0 fully saturated rings. The number of nitrogens with one attached hydrogen (secondary N) is 1. The van der Waals surface area contributed by atoms with Crippen molar-refractivity contribution in [2.75, 3.05) is 7.05 Å². The normalized spacial score (nSPS) is 11.7. The molecule has 0 amide bonds. The maximum Gasteiger partial charge on any atom is 0.0951 e. The van der Waals surface area contributed by atoms with Crippen molar-refractivity contribution in [3.05, 3.63) is 54.1 Å². The lowest BCUT2D eigenvalue weighted by atomic mass is 10.0. The zero-order valence-corrected chi connectivity index (χ0v) is 10.6. The first kappa shape index (κ1) is 11.9. The molecule has 0 bridgehead atoms. The Labute approximate surface area is 103 Å². The molecule has 1 N–H and O–H groups in total. The summed E-state index contributed by atoms with van der Waals surface area (Å²) in [5.74, 6) is 0. The SMILES string of the molecule is CNC(C)(C)c1cncn1Cc1ccccc1. The van der Waals surface area contributed by atoms with Crippen LogP contribution in [0.4, 0.5) is 0 Å². The van der Waals surface area contributed by atoms with Crippen LogP contribution in [0.15, 0.2) is 42.9 Å². The summed E-state index contributed by atoms with van der Waals surface area (Å²) in [4.78, 5) is 4.26. The van der Waals surface area contributed by atoms with E-state index in [0.717, 1.165) is 6.54 Å². The lowest BCUT2D eigenvalue weighted by Crippen LogP contribution is -2.35. The van der Waals surface area contributed by atoms with Crippen LogP contribution in [0, 0.1) is 0 Å². The van der Waals surface area contributed by atoms with Crippen LogP contribution in [0.1, 0.15) is 25.1 Å². The zero-order valence-electron chi connectivity index (χ0n) is 10.6. The summed E-state index contributed by atoms with van der Waals surface area (Å²) < 4.78 is 2.19. The molecule has 3 nitrogen and oxygen atoms in total. The van der Waals surface area contributed by atoms with Gasteiger partial charge in [0.15, 0.2) is 0 Å². The van der Waals surface area contributed by atoms with Gasteiger partial charge in [-0.3, -0.25) is 0 Å². The van der Waals surface area contributed by atoms with E-state index in [1.807, 2.05) is 25.6 Å². The minimum absolute atomic E-state index is 0.0642. The molecule has 0 aliphatic rings. The fraction of sp³-hybridized carbons (Fsp3) is 0.357. The molecule has 2 rings (SSSR count). The molecule has 0 unspecified atom stereocenters. The van der Waals surface area contributed by atoms with E-state index in [1.165, 1.54) is 11.3 Å². The fourth-order valence-electron chi connectivity index (χ4n) is 1.88. The van der Waals surface area contributed by atoms with E-state index < -0.39 is 0 Å². The Morgan fingerprint density at radius 2 is 1.94 bits per heavy atom. The van der Waals surface area contributed by atoms with Crippen molar-refractivity contribution in [2.45, 2.75) is 25.9 Å². The largest absolute Gasteiger partial charge is 0.328 e. The van der Waals surface area contributed by atoms with Gasteiger partial charge >= 0.3 is 0 Å². The molecule has 17 heavy (non-hydrogen) atoms. The van der Waals surface area contributed by atoms with Crippen molar-refractivity contribution >= 4 is 0 Å². The third-order valence-corrected chi connectivity index (χ3v) is 3.17. The van der Waals surface area contributed by atoms with Gasteiger partial charge in [0.2, 0.25) is 0 Å². The molecule has 0 radical (unpaired) electrons. The highest BCUT2D eigenvalue weighted by molar-refractivity contribution is 5.18. The number of benzene rings is 1. The number of hydrogen-bond acceptors (Lipinski definition) is 2. The predicted molar refractivity (Wildman–Crippen MR) is 69.9 cm³/mol. The van der Waals surface area contributed by atoms with E-state index in [0.29, 0.717) is 0 Å². The van der Waals surface area contributed by atoms with Crippen molar-refractivity contribution in [3.8, 4) is 0 Å². The van der Waals surface area contributed by atoms with Crippen LogP contribution in [-0.4, -0.2) is 16.6 Å². The van der Waals surface area contributed by atoms with Crippen molar-refractivity contribution in [3.63, 3.8) is 0 Å². The first-order valence-corrected chi connectivity index (χ1v) is 5.87. The van der Waals surface area contributed by atoms with Gasteiger partial charge in [-0.25, -0.2) is 4.98 Å². The van der Waals surface area contributed by atoms with Crippen molar-refractivity contribution in [1.82, 2.24) is 14.9 Å². The number of imidazole rings is 1. The molecule has 2 aromatic rings. The molecule has 0 atom stereocenters. The fourth-order valence-corrected chi connectivity index (χ4v) is 1.88. The molecule has 1 heterocycles. The molecule has 0 aliphatic carbocycles. The Hall–Kier alpha value is -1.61. The van der Waals surface area contributed by atoms with Gasteiger partial charge in [0.1, 0.15) is 0 Å². The lowest BCUT2D eigenvalue weighted by molar-refractivity contribution is 0.413. The predicted octanol–water partition coefficient (Wildman–Crippen LogP) is 2.39.